The van der Waals surface area contributed by atoms with Crippen molar-refractivity contribution in [3.05, 3.63) is 65.5 Å². The van der Waals surface area contributed by atoms with Gasteiger partial charge in [0.05, 0.1) is 11.4 Å². The number of rotatable bonds is 8. The smallest absolute Gasteiger partial charge is 0.240 e. The summed E-state index contributed by atoms with van der Waals surface area (Å²) >= 11 is 0. The van der Waals surface area contributed by atoms with Crippen molar-refractivity contribution >= 4 is 40.0 Å². The summed E-state index contributed by atoms with van der Waals surface area (Å²) in [5.74, 6) is 0.330. The molecule has 154 valence electrons. The van der Waals surface area contributed by atoms with Crippen molar-refractivity contribution in [3.63, 3.8) is 0 Å². The first-order chi connectivity index (χ1) is 12.9. The molecule has 0 fully saturated rings. The van der Waals surface area contributed by atoms with Gasteiger partial charge in [-0.15, -0.1) is 24.0 Å². The molecule has 0 radical (unpaired) electrons. The van der Waals surface area contributed by atoms with Crippen LogP contribution in [-0.4, -0.2) is 34.0 Å². The van der Waals surface area contributed by atoms with E-state index in [1.165, 1.54) is 6.07 Å². The SMILES string of the molecule is CCNC(=NCc1ccc(F)c(C)c1)NCCNS(=O)(=O)c1ccccc1.I. The van der Waals surface area contributed by atoms with Gasteiger partial charge in [0.15, 0.2) is 5.96 Å². The number of guanidine groups is 1. The van der Waals surface area contributed by atoms with Gasteiger partial charge in [-0.25, -0.2) is 22.5 Å². The molecule has 0 unspecified atom stereocenters. The Balaban J connectivity index is 0.00000392. The number of nitrogens with zero attached hydrogens (tertiary/aromatic N) is 1. The van der Waals surface area contributed by atoms with Gasteiger partial charge >= 0.3 is 0 Å². The third-order valence-corrected chi connectivity index (χ3v) is 5.23. The lowest BCUT2D eigenvalue weighted by Crippen LogP contribution is -2.41. The molecular formula is C19H26FIN4O2S. The van der Waals surface area contributed by atoms with Gasteiger partial charge in [0.25, 0.3) is 0 Å². The van der Waals surface area contributed by atoms with Crippen LogP contribution in [0.4, 0.5) is 4.39 Å². The van der Waals surface area contributed by atoms with Crippen LogP contribution in [0.1, 0.15) is 18.1 Å². The lowest BCUT2D eigenvalue weighted by atomic mass is 10.1. The van der Waals surface area contributed by atoms with Crippen LogP contribution in [0.3, 0.4) is 0 Å². The van der Waals surface area contributed by atoms with Gasteiger partial charge < -0.3 is 10.6 Å². The molecule has 0 saturated carbocycles. The van der Waals surface area contributed by atoms with Crippen LogP contribution in [0.15, 0.2) is 58.4 Å². The monoisotopic (exact) mass is 520 g/mol. The molecule has 3 N–H and O–H groups in total. The van der Waals surface area contributed by atoms with E-state index in [2.05, 4.69) is 20.3 Å². The summed E-state index contributed by atoms with van der Waals surface area (Å²) in [5, 5.41) is 6.17. The summed E-state index contributed by atoms with van der Waals surface area (Å²) in [6, 6.07) is 13.1. The minimum atomic E-state index is -3.52. The van der Waals surface area contributed by atoms with Crippen LogP contribution in [0, 0.1) is 12.7 Å². The van der Waals surface area contributed by atoms with Crippen molar-refractivity contribution in [2.24, 2.45) is 4.99 Å². The molecule has 0 saturated heterocycles. The van der Waals surface area contributed by atoms with Crippen LogP contribution < -0.4 is 15.4 Å². The predicted octanol–water partition coefficient (Wildman–Crippen LogP) is 2.79. The zero-order valence-electron chi connectivity index (χ0n) is 15.9. The lowest BCUT2D eigenvalue weighted by Gasteiger charge is -2.12. The summed E-state index contributed by atoms with van der Waals surface area (Å²) in [5.41, 5.74) is 1.48. The molecule has 0 aliphatic rings. The lowest BCUT2D eigenvalue weighted by molar-refractivity contribution is 0.580. The van der Waals surface area contributed by atoms with E-state index in [1.54, 1.807) is 49.4 Å². The zero-order valence-corrected chi connectivity index (χ0v) is 19.1. The van der Waals surface area contributed by atoms with Crippen LogP contribution in [0.25, 0.3) is 0 Å². The van der Waals surface area contributed by atoms with Gasteiger partial charge in [0, 0.05) is 19.6 Å². The first-order valence-electron chi connectivity index (χ1n) is 8.74. The van der Waals surface area contributed by atoms with Crippen molar-refractivity contribution < 1.29 is 12.8 Å². The fourth-order valence-corrected chi connectivity index (χ4v) is 3.42. The van der Waals surface area contributed by atoms with Gasteiger partial charge in [0.2, 0.25) is 10.0 Å². The number of benzene rings is 2. The third kappa shape index (κ3) is 7.72. The van der Waals surface area contributed by atoms with Gasteiger partial charge in [-0.2, -0.15) is 0 Å². The molecule has 9 heteroatoms. The number of nitrogens with one attached hydrogen (secondary N) is 3. The average molecular weight is 520 g/mol. The molecular weight excluding hydrogens is 494 g/mol. The molecule has 0 heterocycles. The van der Waals surface area contributed by atoms with Crippen LogP contribution in [0.2, 0.25) is 0 Å². The minimum Gasteiger partial charge on any atom is -0.357 e. The standard InChI is InChI=1S/C19H25FN4O2S.HI/c1-3-21-19(23-14-16-9-10-18(20)15(2)13-16)22-11-12-24-27(25,26)17-7-5-4-6-8-17;/h4-10,13,24H,3,11-12,14H2,1-2H3,(H2,21,22,23);1H. The second-order valence-electron chi connectivity index (χ2n) is 5.92. The van der Waals surface area contributed by atoms with E-state index in [9.17, 15) is 12.8 Å². The topological polar surface area (TPSA) is 82.6 Å². The number of halogens is 2. The summed E-state index contributed by atoms with van der Waals surface area (Å²) in [6.07, 6.45) is 0. The molecule has 0 aromatic heterocycles. The Morgan fingerprint density at radius 2 is 1.79 bits per heavy atom. The maximum absolute atomic E-state index is 13.3. The third-order valence-electron chi connectivity index (χ3n) is 3.75. The van der Waals surface area contributed by atoms with Gasteiger partial charge in [-0.3, -0.25) is 0 Å². The molecule has 2 aromatic rings. The Morgan fingerprint density at radius 1 is 1.07 bits per heavy atom. The number of sulfonamides is 1. The Morgan fingerprint density at radius 3 is 2.43 bits per heavy atom. The fourth-order valence-electron chi connectivity index (χ4n) is 2.37. The van der Waals surface area contributed by atoms with Gasteiger partial charge in [0.1, 0.15) is 5.82 Å². The number of hydrogen-bond acceptors (Lipinski definition) is 3. The molecule has 0 atom stereocenters. The van der Waals surface area contributed by atoms with E-state index in [4.69, 9.17) is 0 Å². The Labute approximate surface area is 183 Å². The van der Waals surface area contributed by atoms with Crippen molar-refractivity contribution in [3.8, 4) is 0 Å². The number of aryl methyl sites for hydroxylation is 1. The van der Waals surface area contributed by atoms with Crippen LogP contribution in [0.5, 0.6) is 0 Å². The van der Waals surface area contributed by atoms with Crippen LogP contribution >= 0.6 is 24.0 Å². The highest BCUT2D eigenvalue weighted by Crippen LogP contribution is 2.10. The second-order valence-corrected chi connectivity index (χ2v) is 7.68. The van der Waals surface area contributed by atoms with E-state index in [1.807, 2.05) is 6.92 Å². The summed E-state index contributed by atoms with van der Waals surface area (Å²) in [7, 11) is -3.52. The van der Waals surface area contributed by atoms with Crippen LogP contribution in [-0.2, 0) is 16.6 Å². The van der Waals surface area contributed by atoms with Gasteiger partial charge in [-0.05, 0) is 43.2 Å². The first-order valence-corrected chi connectivity index (χ1v) is 10.2. The molecule has 0 aliphatic carbocycles. The Kier molecular flexibility index (Phi) is 10.4. The van der Waals surface area contributed by atoms with E-state index < -0.39 is 10.0 Å². The maximum Gasteiger partial charge on any atom is 0.240 e. The van der Waals surface area contributed by atoms with E-state index >= 15 is 0 Å². The highest BCUT2D eigenvalue weighted by atomic mass is 127. The predicted molar refractivity (Wildman–Crippen MR) is 121 cm³/mol. The molecule has 0 amide bonds. The van der Waals surface area contributed by atoms with E-state index in [0.717, 1.165) is 5.56 Å². The average Bonchev–Trinajstić information content (AvgIpc) is 2.66. The number of hydrogen-bond donors (Lipinski definition) is 3. The largest absolute Gasteiger partial charge is 0.357 e. The molecule has 2 rings (SSSR count). The van der Waals surface area contributed by atoms with Gasteiger partial charge in [-0.1, -0.05) is 30.3 Å². The van der Waals surface area contributed by atoms with E-state index in [-0.39, 0.29) is 41.2 Å². The highest BCUT2D eigenvalue weighted by Gasteiger charge is 2.12. The first kappa shape index (κ1) is 24.3. The molecule has 2 aromatic carbocycles. The zero-order chi connectivity index (χ0) is 19.7. The Hall–Kier alpha value is -1.72. The fraction of sp³-hybridized carbons (Fsp3) is 0.316. The quantitative estimate of drug-likeness (QED) is 0.217. The minimum absolute atomic E-state index is 0. The molecule has 0 spiro atoms. The van der Waals surface area contributed by atoms with Crippen molar-refractivity contribution in [2.45, 2.75) is 25.3 Å². The Bertz CT molecular complexity index is 877. The normalized spacial score (nSPS) is 11.6. The molecule has 0 aliphatic heterocycles. The molecule has 0 bridgehead atoms. The summed E-state index contributed by atoms with van der Waals surface area (Å²) in [6.45, 7) is 5.32. The van der Waals surface area contributed by atoms with Crippen molar-refractivity contribution in [1.29, 1.82) is 0 Å². The highest BCUT2D eigenvalue weighted by molar-refractivity contribution is 14.0. The second kappa shape index (κ2) is 12.0. The molecule has 6 nitrogen and oxygen atoms in total. The number of aliphatic imine (C=N–C) groups is 1. The maximum atomic E-state index is 13.3. The van der Waals surface area contributed by atoms with Crippen molar-refractivity contribution in [2.75, 3.05) is 19.6 Å². The van der Waals surface area contributed by atoms with Crippen molar-refractivity contribution in [1.82, 2.24) is 15.4 Å². The summed E-state index contributed by atoms with van der Waals surface area (Å²) < 4.78 is 40.2. The summed E-state index contributed by atoms with van der Waals surface area (Å²) in [4.78, 5) is 4.67. The molecule has 28 heavy (non-hydrogen) atoms. The van der Waals surface area contributed by atoms with E-state index in [0.29, 0.717) is 31.2 Å².